The number of nitrogen functional groups attached to an aromatic ring is 1. The maximum Gasteiger partial charge on any atom is 0.132 e. The van der Waals surface area contributed by atoms with Crippen molar-refractivity contribution in [2.75, 3.05) is 5.73 Å². The van der Waals surface area contributed by atoms with Crippen LogP contribution >= 0.6 is 11.3 Å². The third-order valence-electron chi connectivity index (χ3n) is 2.94. The number of aromatic nitrogens is 1. The molecule has 0 saturated heterocycles. The Hall–Kier alpha value is -1.55. The third-order valence-corrected chi connectivity index (χ3v) is 3.60. The Bertz CT molecular complexity index is 575. The molecule has 0 bridgehead atoms. The second kappa shape index (κ2) is 3.47. The molecule has 2 heterocycles. The fourth-order valence-electron chi connectivity index (χ4n) is 2.26. The lowest BCUT2D eigenvalue weighted by molar-refractivity contribution is 0.139. The Labute approximate surface area is 104 Å². The largest absolute Gasteiger partial charge is 0.487 e. The van der Waals surface area contributed by atoms with Crippen LogP contribution in [0.25, 0.3) is 11.3 Å². The van der Waals surface area contributed by atoms with Gasteiger partial charge in [0.2, 0.25) is 0 Å². The zero-order chi connectivity index (χ0) is 12.0. The molecule has 3 nitrogen and oxygen atoms in total. The zero-order valence-corrected chi connectivity index (χ0v) is 10.7. The molecule has 0 atom stereocenters. The second-order valence-electron chi connectivity index (χ2n) is 4.90. The Kier molecular flexibility index (Phi) is 2.16. The zero-order valence-electron chi connectivity index (χ0n) is 9.86. The van der Waals surface area contributed by atoms with Gasteiger partial charge in [-0.2, -0.15) is 0 Å². The highest BCUT2D eigenvalue weighted by Gasteiger charge is 2.32. The van der Waals surface area contributed by atoms with E-state index in [0.29, 0.717) is 0 Å². The predicted molar refractivity (Wildman–Crippen MR) is 70.4 cm³/mol. The monoisotopic (exact) mass is 246 g/mol. The fraction of sp³-hybridized carbons (Fsp3) is 0.308. The van der Waals surface area contributed by atoms with Gasteiger partial charge in [-0.25, -0.2) is 4.98 Å². The average molecular weight is 246 g/mol. The molecule has 1 aliphatic heterocycles. The van der Waals surface area contributed by atoms with E-state index in [4.69, 9.17) is 10.5 Å². The summed E-state index contributed by atoms with van der Waals surface area (Å²) in [7, 11) is 0. The van der Waals surface area contributed by atoms with Crippen LogP contribution in [0.5, 0.6) is 5.75 Å². The number of rotatable bonds is 1. The molecule has 0 unspecified atom stereocenters. The Morgan fingerprint density at radius 1 is 1.41 bits per heavy atom. The van der Waals surface area contributed by atoms with Crippen LogP contribution in [-0.4, -0.2) is 10.6 Å². The number of hydrogen-bond donors (Lipinski definition) is 1. The van der Waals surface area contributed by atoms with Gasteiger partial charge in [0, 0.05) is 12.0 Å². The van der Waals surface area contributed by atoms with E-state index in [-0.39, 0.29) is 5.60 Å². The summed E-state index contributed by atoms with van der Waals surface area (Å²) in [6.07, 6.45) is 0.931. The van der Waals surface area contributed by atoms with E-state index >= 15 is 0 Å². The summed E-state index contributed by atoms with van der Waals surface area (Å²) >= 11 is 1.46. The van der Waals surface area contributed by atoms with Crippen LogP contribution in [0.2, 0.25) is 0 Å². The SMILES string of the molecule is CC1(C)Cc2cccc(-c3ncsc3N)c2O1. The number of para-hydroxylation sites is 1. The van der Waals surface area contributed by atoms with Crippen LogP contribution in [0.15, 0.2) is 23.7 Å². The summed E-state index contributed by atoms with van der Waals surface area (Å²) in [5.41, 5.74) is 10.6. The van der Waals surface area contributed by atoms with E-state index in [9.17, 15) is 0 Å². The Morgan fingerprint density at radius 3 is 2.94 bits per heavy atom. The lowest BCUT2D eigenvalue weighted by Crippen LogP contribution is -2.24. The summed E-state index contributed by atoms with van der Waals surface area (Å²) in [6.45, 7) is 4.20. The van der Waals surface area contributed by atoms with E-state index in [0.717, 1.165) is 28.4 Å². The number of nitrogens with two attached hydrogens (primary N) is 1. The number of ether oxygens (including phenoxy) is 1. The first-order valence-corrected chi connectivity index (χ1v) is 6.45. The van der Waals surface area contributed by atoms with E-state index in [1.165, 1.54) is 16.9 Å². The van der Waals surface area contributed by atoms with Crippen molar-refractivity contribution >= 4 is 16.3 Å². The molecule has 1 aliphatic rings. The highest BCUT2D eigenvalue weighted by molar-refractivity contribution is 7.14. The van der Waals surface area contributed by atoms with Crippen LogP contribution in [0.1, 0.15) is 19.4 Å². The van der Waals surface area contributed by atoms with E-state index < -0.39 is 0 Å². The number of nitrogens with zero attached hydrogens (tertiary/aromatic N) is 1. The van der Waals surface area contributed by atoms with Crippen LogP contribution in [0.4, 0.5) is 5.00 Å². The van der Waals surface area contributed by atoms with E-state index in [1.54, 1.807) is 5.51 Å². The molecular formula is C13H14N2OS. The van der Waals surface area contributed by atoms with Crippen molar-refractivity contribution in [1.82, 2.24) is 4.98 Å². The maximum atomic E-state index is 6.01. The molecule has 0 aliphatic carbocycles. The van der Waals surface area contributed by atoms with Gasteiger partial charge >= 0.3 is 0 Å². The molecule has 2 N–H and O–H groups in total. The Balaban J connectivity index is 2.16. The highest BCUT2D eigenvalue weighted by Crippen LogP contribution is 2.43. The fourth-order valence-corrected chi connectivity index (χ4v) is 2.81. The summed E-state index contributed by atoms with van der Waals surface area (Å²) < 4.78 is 6.01. The van der Waals surface area contributed by atoms with Crippen molar-refractivity contribution in [3.63, 3.8) is 0 Å². The molecule has 1 aromatic carbocycles. The molecule has 0 radical (unpaired) electrons. The molecule has 0 fully saturated rings. The molecule has 0 spiro atoms. The van der Waals surface area contributed by atoms with Crippen LogP contribution < -0.4 is 10.5 Å². The molecular weight excluding hydrogens is 232 g/mol. The van der Waals surface area contributed by atoms with Crippen LogP contribution in [0, 0.1) is 0 Å². The number of hydrogen-bond acceptors (Lipinski definition) is 4. The van der Waals surface area contributed by atoms with Crippen LogP contribution in [0.3, 0.4) is 0 Å². The van der Waals surface area contributed by atoms with Crippen molar-refractivity contribution in [3.8, 4) is 17.0 Å². The first-order valence-electron chi connectivity index (χ1n) is 5.57. The molecule has 17 heavy (non-hydrogen) atoms. The lowest BCUT2D eigenvalue weighted by Gasteiger charge is -2.18. The molecule has 0 amide bonds. The topological polar surface area (TPSA) is 48.1 Å². The van der Waals surface area contributed by atoms with Crippen molar-refractivity contribution in [1.29, 1.82) is 0 Å². The van der Waals surface area contributed by atoms with Gasteiger partial charge in [-0.3, -0.25) is 0 Å². The van der Waals surface area contributed by atoms with Gasteiger partial charge in [0.25, 0.3) is 0 Å². The van der Waals surface area contributed by atoms with Gasteiger partial charge in [-0.1, -0.05) is 12.1 Å². The molecule has 2 aromatic rings. The second-order valence-corrected chi connectivity index (χ2v) is 5.78. The highest BCUT2D eigenvalue weighted by atomic mass is 32.1. The standard InChI is InChI=1S/C13H14N2OS/c1-13(2)6-8-4-3-5-9(11(8)16-13)10-12(14)17-7-15-10/h3-5,7H,6,14H2,1-2H3. The van der Waals surface area contributed by atoms with Gasteiger partial charge < -0.3 is 10.5 Å². The molecule has 88 valence electrons. The summed E-state index contributed by atoms with van der Waals surface area (Å²) in [6, 6.07) is 6.17. The van der Waals surface area contributed by atoms with Gasteiger partial charge in [0.1, 0.15) is 22.0 Å². The number of benzene rings is 1. The first kappa shape index (κ1) is 10.6. The van der Waals surface area contributed by atoms with Gasteiger partial charge in [-0.05, 0) is 25.5 Å². The quantitative estimate of drug-likeness (QED) is 0.841. The molecule has 3 rings (SSSR count). The van der Waals surface area contributed by atoms with Gasteiger partial charge in [-0.15, -0.1) is 11.3 Å². The van der Waals surface area contributed by atoms with E-state index in [2.05, 4.69) is 24.9 Å². The van der Waals surface area contributed by atoms with Crippen molar-refractivity contribution in [2.24, 2.45) is 0 Å². The van der Waals surface area contributed by atoms with Crippen LogP contribution in [-0.2, 0) is 6.42 Å². The van der Waals surface area contributed by atoms with Gasteiger partial charge in [0.05, 0.1) is 5.51 Å². The van der Waals surface area contributed by atoms with Crippen molar-refractivity contribution < 1.29 is 4.74 Å². The number of fused-ring (bicyclic) bond motifs is 1. The smallest absolute Gasteiger partial charge is 0.132 e. The average Bonchev–Trinajstić information content (AvgIpc) is 2.78. The van der Waals surface area contributed by atoms with Crippen molar-refractivity contribution in [3.05, 3.63) is 29.3 Å². The number of anilines is 1. The summed E-state index contributed by atoms with van der Waals surface area (Å²) in [5.74, 6) is 0.940. The minimum atomic E-state index is -0.136. The molecule has 1 aromatic heterocycles. The Morgan fingerprint density at radius 2 is 2.24 bits per heavy atom. The predicted octanol–water partition coefficient (Wildman–Crippen LogP) is 3.11. The summed E-state index contributed by atoms with van der Waals surface area (Å²) in [4.78, 5) is 4.32. The first-order chi connectivity index (χ1) is 8.07. The number of thiazole rings is 1. The maximum absolute atomic E-state index is 6.01. The normalized spacial score (nSPS) is 16.6. The molecule has 4 heteroatoms. The lowest BCUT2D eigenvalue weighted by atomic mass is 10.00. The van der Waals surface area contributed by atoms with Gasteiger partial charge in [0.15, 0.2) is 0 Å². The third kappa shape index (κ3) is 1.69. The molecule has 0 saturated carbocycles. The van der Waals surface area contributed by atoms with E-state index in [1.807, 2.05) is 12.1 Å². The minimum absolute atomic E-state index is 0.136. The summed E-state index contributed by atoms with van der Waals surface area (Å²) in [5, 5.41) is 0.742. The minimum Gasteiger partial charge on any atom is -0.487 e. The van der Waals surface area contributed by atoms with Crippen molar-refractivity contribution in [2.45, 2.75) is 25.9 Å².